The van der Waals surface area contributed by atoms with Crippen LogP contribution in [0.4, 0.5) is 0 Å². The van der Waals surface area contributed by atoms with E-state index in [9.17, 15) is 14.7 Å². The number of hydrogen-bond donors (Lipinski definition) is 2. The van der Waals surface area contributed by atoms with Gasteiger partial charge in [0.05, 0.1) is 6.61 Å². The van der Waals surface area contributed by atoms with Crippen molar-refractivity contribution in [1.29, 1.82) is 0 Å². The van der Waals surface area contributed by atoms with Crippen molar-refractivity contribution in [1.82, 2.24) is 0 Å². The second-order valence-electron chi connectivity index (χ2n) is 4.59. The number of carbonyl (C=O) groups is 2. The molecule has 0 aliphatic heterocycles. The smallest absolute Gasteiger partial charge is 0.328 e. The van der Waals surface area contributed by atoms with E-state index in [0.29, 0.717) is 12.8 Å². The fraction of sp³-hybridized carbons (Fsp3) is 0.467. The van der Waals surface area contributed by atoms with Gasteiger partial charge in [-0.15, -0.1) is 0 Å². The predicted octanol–water partition coefficient (Wildman–Crippen LogP) is 2.39. The average Bonchev–Trinajstić information content (AvgIpc) is 2.44. The molecule has 0 aliphatic carbocycles. The van der Waals surface area contributed by atoms with Gasteiger partial charge in [-0.2, -0.15) is 0 Å². The molecule has 5 nitrogen and oxygen atoms in total. The van der Waals surface area contributed by atoms with Crippen molar-refractivity contribution in [3.63, 3.8) is 0 Å². The summed E-state index contributed by atoms with van der Waals surface area (Å²) in [7, 11) is 0. The molecule has 0 fully saturated rings. The van der Waals surface area contributed by atoms with Crippen LogP contribution in [-0.4, -0.2) is 35.4 Å². The van der Waals surface area contributed by atoms with E-state index >= 15 is 0 Å². The molecule has 0 aromatic heterocycles. The highest BCUT2D eigenvalue weighted by atomic mass is 35.5. The van der Waals surface area contributed by atoms with Crippen LogP contribution in [0.1, 0.15) is 31.7 Å². The largest absolute Gasteiger partial charge is 0.480 e. The maximum absolute atomic E-state index is 12.3. The minimum Gasteiger partial charge on any atom is -0.480 e. The average molecular weight is 315 g/mol. The molecule has 0 amide bonds. The minimum atomic E-state index is -1.84. The number of benzene rings is 1. The number of esters is 1. The predicted molar refractivity (Wildman–Crippen MR) is 78.3 cm³/mol. The van der Waals surface area contributed by atoms with Crippen LogP contribution in [0, 0.1) is 0 Å². The number of aliphatic hydroxyl groups excluding tert-OH is 1. The molecule has 0 aliphatic rings. The van der Waals surface area contributed by atoms with Gasteiger partial charge in [-0.1, -0.05) is 29.8 Å². The summed E-state index contributed by atoms with van der Waals surface area (Å²) >= 11 is 6.09. The first kappa shape index (κ1) is 17.5. The lowest BCUT2D eigenvalue weighted by Gasteiger charge is -2.28. The van der Waals surface area contributed by atoms with Gasteiger partial charge in [0.1, 0.15) is 0 Å². The second-order valence-corrected chi connectivity index (χ2v) is 5.00. The molecule has 6 heteroatoms. The summed E-state index contributed by atoms with van der Waals surface area (Å²) in [6, 6.07) is 6.35. The number of rotatable bonds is 8. The SMILES string of the molecule is CCOC(=O)C(CCCCO)(C(=O)O)c1ccccc1Cl. The first-order chi connectivity index (χ1) is 10.0. The number of unbranched alkanes of at least 4 members (excludes halogenated alkanes) is 1. The first-order valence-electron chi connectivity index (χ1n) is 6.77. The van der Waals surface area contributed by atoms with Crippen molar-refractivity contribution >= 4 is 23.5 Å². The van der Waals surface area contributed by atoms with E-state index in [1.165, 1.54) is 6.07 Å². The molecule has 1 unspecified atom stereocenters. The zero-order valence-corrected chi connectivity index (χ0v) is 12.6. The Hall–Kier alpha value is -1.59. The van der Waals surface area contributed by atoms with Crippen LogP contribution >= 0.6 is 11.6 Å². The fourth-order valence-electron chi connectivity index (χ4n) is 2.22. The number of carbonyl (C=O) groups excluding carboxylic acids is 1. The van der Waals surface area contributed by atoms with Gasteiger partial charge >= 0.3 is 11.9 Å². The van der Waals surface area contributed by atoms with Crippen LogP contribution in [0.5, 0.6) is 0 Å². The van der Waals surface area contributed by atoms with Crippen molar-refractivity contribution in [2.24, 2.45) is 0 Å². The number of aliphatic carboxylic acids is 1. The molecule has 0 saturated carbocycles. The van der Waals surface area contributed by atoms with Crippen molar-refractivity contribution in [3.05, 3.63) is 34.9 Å². The summed E-state index contributed by atoms with van der Waals surface area (Å²) in [5.41, 5.74) is -1.63. The Bertz CT molecular complexity index is 503. The molecule has 2 N–H and O–H groups in total. The number of ether oxygens (including phenoxy) is 1. The quantitative estimate of drug-likeness (QED) is 0.437. The van der Waals surface area contributed by atoms with Gasteiger partial charge in [0.15, 0.2) is 5.41 Å². The summed E-state index contributed by atoms with van der Waals surface area (Å²) in [6.45, 7) is 1.63. The number of aliphatic hydroxyl groups is 1. The number of carboxylic acids is 1. The van der Waals surface area contributed by atoms with Crippen LogP contribution < -0.4 is 0 Å². The Kier molecular flexibility index (Phi) is 6.65. The van der Waals surface area contributed by atoms with E-state index < -0.39 is 17.4 Å². The highest BCUT2D eigenvalue weighted by Gasteiger charge is 2.50. The lowest BCUT2D eigenvalue weighted by atomic mass is 9.76. The second kappa shape index (κ2) is 8.00. The Morgan fingerprint density at radius 1 is 1.29 bits per heavy atom. The fourth-order valence-corrected chi connectivity index (χ4v) is 2.52. The number of carboxylic acid groups (broad SMARTS) is 1. The molecule has 116 valence electrons. The third-order valence-corrected chi connectivity index (χ3v) is 3.61. The summed E-state index contributed by atoms with van der Waals surface area (Å²) in [5.74, 6) is -2.13. The Balaban J connectivity index is 3.33. The van der Waals surface area contributed by atoms with Crippen molar-refractivity contribution < 1.29 is 24.5 Å². The maximum Gasteiger partial charge on any atom is 0.328 e. The topological polar surface area (TPSA) is 83.8 Å². The maximum atomic E-state index is 12.3. The molecular formula is C15H19ClO5. The Labute approximate surface area is 128 Å². The number of hydrogen-bond acceptors (Lipinski definition) is 4. The lowest BCUT2D eigenvalue weighted by Crippen LogP contribution is -2.45. The van der Waals surface area contributed by atoms with Gasteiger partial charge in [0, 0.05) is 11.6 Å². The molecule has 1 rings (SSSR count). The highest BCUT2D eigenvalue weighted by Crippen LogP contribution is 2.36. The molecule has 0 heterocycles. The molecule has 0 bridgehead atoms. The minimum absolute atomic E-state index is 0.0193. The van der Waals surface area contributed by atoms with Crippen LogP contribution in [0.15, 0.2) is 24.3 Å². The van der Waals surface area contributed by atoms with Crippen LogP contribution in [0.3, 0.4) is 0 Å². The van der Waals surface area contributed by atoms with E-state index in [-0.39, 0.29) is 30.2 Å². The van der Waals surface area contributed by atoms with Crippen LogP contribution in [0.2, 0.25) is 5.02 Å². The van der Waals surface area contributed by atoms with Crippen molar-refractivity contribution in [3.8, 4) is 0 Å². The summed E-state index contributed by atoms with van der Waals surface area (Å²) < 4.78 is 4.97. The third-order valence-electron chi connectivity index (χ3n) is 3.28. The van der Waals surface area contributed by atoms with E-state index in [4.69, 9.17) is 21.4 Å². The summed E-state index contributed by atoms with van der Waals surface area (Å²) in [6.07, 6.45) is 0.789. The molecule has 0 spiro atoms. The molecule has 0 saturated heterocycles. The standard InChI is InChI=1S/C15H19ClO5/c1-2-21-14(20)15(13(18)19,9-5-6-10-17)11-7-3-4-8-12(11)16/h3-4,7-8,17H,2,5-6,9-10H2,1H3,(H,18,19). The zero-order valence-electron chi connectivity index (χ0n) is 11.8. The van der Waals surface area contributed by atoms with Crippen molar-refractivity contribution in [2.75, 3.05) is 13.2 Å². The van der Waals surface area contributed by atoms with Gasteiger partial charge in [0.2, 0.25) is 0 Å². The Morgan fingerprint density at radius 3 is 2.48 bits per heavy atom. The van der Waals surface area contributed by atoms with Crippen LogP contribution in [-0.2, 0) is 19.7 Å². The van der Waals surface area contributed by atoms with Gasteiger partial charge < -0.3 is 14.9 Å². The van der Waals surface area contributed by atoms with Gasteiger partial charge in [-0.05, 0) is 37.8 Å². The number of halogens is 1. The molecular weight excluding hydrogens is 296 g/mol. The molecule has 1 atom stereocenters. The molecule has 1 aromatic carbocycles. The normalized spacial score (nSPS) is 13.5. The van der Waals surface area contributed by atoms with Gasteiger partial charge in [-0.3, -0.25) is 9.59 Å². The van der Waals surface area contributed by atoms with Gasteiger partial charge in [-0.25, -0.2) is 0 Å². The summed E-state index contributed by atoms with van der Waals surface area (Å²) in [5, 5.41) is 18.8. The van der Waals surface area contributed by atoms with E-state index in [2.05, 4.69) is 0 Å². The van der Waals surface area contributed by atoms with Crippen LogP contribution in [0.25, 0.3) is 0 Å². The highest BCUT2D eigenvalue weighted by molar-refractivity contribution is 6.32. The lowest BCUT2D eigenvalue weighted by molar-refractivity contribution is -0.162. The van der Waals surface area contributed by atoms with E-state index in [0.717, 1.165) is 0 Å². The summed E-state index contributed by atoms with van der Waals surface area (Å²) in [4.78, 5) is 24.2. The Morgan fingerprint density at radius 2 is 1.95 bits per heavy atom. The van der Waals surface area contributed by atoms with Crippen molar-refractivity contribution in [2.45, 2.75) is 31.6 Å². The third kappa shape index (κ3) is 3.74. The first-order valence-corrected chi connectivity index (χ1v) is 7.15. The van der Waals surface area contributed by atoms with Gasteiger partial charge in [0.25, 0.3) is 0 Å². The van der Waals surface area contributed by atoms with E-state index in [1.54, 1.807) is 25.1 Å². The van der Waals surface area contributed by atoms with E-state index in [1.807, 2.05) is 0 Å². The molecule has 21 heavy (non-hydrogen) atoms. The zero-order chi connectivity index (χ0) is 15.9. The monoisotopic (exact) mass is 314 g/mol. The molecule has 0 radical (unpaired) electrons. The molecule has 1 aromatic rings.